The van der Waals surface area contributed by atoms with E-state index in [0.717, 1.165) is 0 Å². The van der Waals surface area contributed by atoms with E-state index < -0.39 is 0 Å². The summed E-state index contributed by atoms with van der Waals surface area (Å²) in [4.78, 5) is 0. The Hall–Kier alpha value is -0.0800. The fourth-order valence-corrected chi connectivity index (χ4v) is 2.98. The zero-order chi connectivity index (χ0) is 12.7. The normalized spacial score (nSPS) is 26.1. The molecule has 17 heavy (non-hydrogen) atoms. The first-order valence-electron chi connectivity index (χ1n) is 7.66. The van der Waals surface area contributed by atoms with Crippen molar-refractivity contribution in [1.82, 2.24) is 10.0 Å². The molecular formula is C15H32N2. The molecule has 1 aliphatic rings. The zero-order valence-corrected chi connectivity index (χ0v) is 12.5. The lowest BCUT2D eigenvalue weighted by Crippen LogP contribution is -2.18. The standard InChI is InChI=1S/C15H32N2/c1-5-7-9-11-13-15(16(3)17(15)4)14-12-10-8-6-2/h5-14H2,1-4H3. The minimum absolute atomic E-state index is 0.432. The monoisotopic (exact) mass is 240 g/mol. The van der Waals surface area contributed by atoms with Crippen molar-refractivity contribution in [2.75, 3.05) is 14.1 Å². The molecule has 0 aromatic carbocycles. The third kappa shape index (κ3) is 3.96. The van der Waals surface area contributed by atoms with Crippen LogP contribution in [0.1, 0.15) is 78.1 Å². The summed E-state index contributed by atoms with van der Waals surface area (Å²) in [5, 5.41) is 4.90. The number of hydrazine groups is 1. The van der Waals surface area contributed by atoms with Gasteiger partial charge in [-0.2, -0.15) is 0 Å². The molecule has 0 saturated carbocycles. The predicted molar refractivity (Wildman–Crippen MR) is 75.8 cm³/mol. The largest absolute Gasteiger partial charge is 0.222 e. The van der Waals surface area contributed by atoms with E-state index in [9.17, 15) is 0 Å². The molecule has 1 saturated heterocycles. The van der Waals surface area contributed by atoms with Gasteiger partial charge < -0.3 is 0 Å². The van der Waals surface area contributed by atoms with Crippen LogP contribution in [0.2, 0.25) is 0 Å². The molecule has 0 spiro atoms. The molecule has 1 rings (SSSR count). The number of rotatable bonds is 10. The van der Waals surface area contributed by atoms with Gasteiger partial charge in [0.1, 0.15) is 0 Å². The average molecular weight is 240 g/mol. The van der Waals surface area contributed by atoms with Crippen LogP contribution < -0.4 is 0 Å². The molecule has 2 atom stereocenters. The molecule has 0 N–H and O–H groups in total. The van der Waals surface area contributed by atoms with Crippen LogP contribution in [-0.4, -0.2) is 29.8 Å². The van der Waals surface area contributed by atoms with Gasteiger partial charge in [-0.3, -0.25) is 0 Å². The molecule has 0 aromatic heterocycles. The summed E-state index contributed by atoms with van der Waals surface area (Å²) < 4.78 is 0. The molecule has 0 aromatic rings. The van der Waals surface area contributed by atoms with E-state index in [4.69, 9.17) is 0 Å². The molecule has 2 heteroatoms. The van der Waals surface area contributed by atoms with E-state index in [1.807, 2.05) is 0 Å². The van der Waals surface area contributed by atoms with E-state index in [1.54, 1.807) is 0 Å². The second-order valence-electron chi connectivity index (χ2n) is 5.65. The maximum atomic E-state index is 2.45. The fraction of sp³-hybridized carbons (Fsp3) is 1.00. The summed E-state index contributed by atoms with van der Waals surface area (Å²) in [7, 11) is 4.50. The predicted octanol–water partition coefficient (Wildman–Crippen LogP) is 4.42. The van der Waals surface area contributed by atoms with Crippen LogP contribution >= 0.6 is 0 Å². The number of nitrogens with zero attached hydrogens (tertiary/aromatic N) is 2. The van der Waals surface area contributed by atoms with Gasteiger partial charge in [-0.25, -0.2) is 10.0 Å². The Bertz CT molecular complexity index is 181. The Kier molecular flexibility index (Phi) is 6.50. The maximum Gasteiger partial charge on any atom is 0.0998 e. The van der Waals surface area contributed by atoms with Gasteiger partial charge >= 0.3 is 0 Å². The second-order valence-corrected chi connectivity index (χ2v) is 5.65. The minimum atomic E-state index is 0.432. The summed E-state index contributed by atoms with van der Waals surface area (Å²) in [5.41, 5.74) is 0.432. The Morgan fingerprint density at radius 1 is 0.647 bits per heavy atom. The van der Waals surface area contributed by atoms with Gasteiger partial charge in [-0.1, -0.05) is 65.2 Å². The Morgan fingerprint density at radius 2 is 1.06 bits per heavy atom. The highest BCUT2D eigenvalue weighted by Gasteiger charge is 2.54. The van der Waals surface area contributed by atoms with Crippen LogP contribution in [0.5, 0.6) is 0 Å². The Labute approximate surface area is 108 Å². The molecule has 0 aliphatic carbocycles. The Morgan fingerprint density at radius 3 is 1.35 bits per heavy atom. The van der Waals surface area contributed by atoms with E-state index >= 15 is 0 Å². The van der Waals surface area contributed by atoms with Gasteiger partial charge in [0.2, 0.25) is 0 Å². The first kappa shape index (κ1) is 15.0. The molecule has 102 valence electrons. The van der Waals surface area contributed by atoms with Crippen molar-refractivity contribution in [3.05, 3.63) is 0 Å². The van der Waals surface area contributed by atoms with Crippen LogP contribution in [0.25, 0.3) is 0 Å². The molecule has 2 nitrogen and oxygen atoms in total. The van der Waals surface area contributed by atoms with Crippen molar-refractivity contribution in [2.24, 2.45) is 0 Å². The number of hydrogen-bond acceptors (Lipinski definition) is 2. The lowest BCUT2D eigenvalue weighted by Gasteiger charge is -2.14. The smallest absolute Gasteiger partial charge is 0.0998 e. The topological polar surface area (TPSA) is 6.02 Å². The SMILES string of the molecule is CCCCCCC1(CCCCCC)N(C)N1C. The van der Waals surface area contributed by atoms with Crippen molar-refractivity contribution in [3.8, 4) is 0 Å². The van der Waals surface area contributed by atoms with Gasteiger partial charge in [-0.15, -0.1) is 0 Å². The van der Waals surface area contributed by atoms with Gasteiger partial charge in [0.25, 0.3) is 0 Å². The van der Waals surface area contributed by atoms with Crippen molar-refractivity contribution in [2.45, 2.75) is 83.7 Å². The lowest BCUT2D eigenvalue weighted by atomic mass is 9.98. The summed E-state index contributed by atoms with van der Waals surface area (Å²) in [5.74, 6) is 0. The van der Waals surface area contributed by atoms with Crippen LogP contribution in [0.15, 0.2) is 0 Å². The highest BCUT2D eigenvalue weighted by atomic mass is 15.9. The van der Waals surface area contributed by atoms with Crippen molar-refractivity contribution >= 4 is 0 Å². The van der Waals surface area contributed by atoms with Crippen LogP contribution in [0.4, 0.5) is 0 Å². The highest BCUT2D eigenvalue weighted by Crippen LogP contribution is 2.44. The van der Waals surface area contributed by atoms with Gasteiger partial charge in [0.15, 0.2) is 0 Å². The van der Waals surface area contributed by atoms with Crippen molar-refractivity contribution < 1.29 is 0 Å². The first-order chi connectivity index (χ1) is 8.19. The molecule has 1 aliphatic heterocycles. The van der Waals surface area contributed by atoms with Crippen molar-refractivity contribution in [3.63, 3.8) is 0 Å². The van der Waals surface area contributed by atoms with E-state index in [2.05, 4.69) is 38.0 Å². The minimum Gasteiger partial charge on any atom is -0.222 e. The fourth-order valence-electron chi connectivity index (χ4n) is 2.98. The molecule has 1 heterocycles. The summed E-state index contributed by atoms with van der Waals surface area (Å²) in [6, 6.07) is 0. The molecule has 1 fully saturated rings. The van der Waals surface area contributed by atoms with E-state index in [-0.39, 0.29) is 0 Å². The molecule has 2 unspecified atom stereocenters. The third-order valence-electron chi connectivity index (χ3n) is 4.48. The van der Waals surface area contributed by atoms with Gasteiger partial charge in [-0.05, 0) is 12.8 Å². The molecule has 0 bridgehead atoms. The van der Waals surface area contributed by atoms with Crippen molar-refractivity contribution in [1.29, 1.82) is 0 Å². The molecule has 0 amide bonds. The van der Waals surface area contributed by atoms with Gasteiger partial charge in [0.05, 0.1) is 5.66 Å². The summed E-state index contributed by atoms with van der Waals surface area (Å²) in [6.45, 7) is 4.58. The van der Waals surface area contributed by atoms with E-state index in [1.165, 1.54) is 64.2 Å². The number of hydrogen-bond donors (Lipinski definition) is 0. The van der Waals surface area contributed by atoms with Gasteiger partial charge in [0, 0.05) is 14.1 Å². The number of unbranched alkanes of at least 4 members (excludes halogenated alkanes) is 6. The molecule has 0 radical (unpaired) electrons. The zero-order valence-electron chi connectivity index (χ0n) is 12.5. The van der Waals surface area contributed by atoms with Crippen LogP contribution in [-0.2, 0) is 0 Å². The first-order valence-corrected chi connectivity index (χ1v) is 7.66. The molecular weight excluding hydrogens is 208 g/mol. The lowest BCUT2D eigenvalue weighted by molar-refractivity contribution is 0.372. The summed E-state index contributed by atoms with van der Waals surface area (Å²) >= 11 is 0. The van der Waals surface area contributed by atoms with Crippen LogP contribution in [0, 0.1) is 0 Å². The Balaban J connectivity index is 2.22. The average Bonchev–Trinajstić information content (AvgIpc) is 2.84. The second kappa shape index (κ2) is 7.38. The quantitative estimate of drug-likeness (QED) is 0.412. The van der Waals surface area contributed by atoms with Crippen LogP contribution in [0.3, 0.4) is 0 Å². The maximum absolute atomic E-state index is 2.45. The van der Waals surface area contributed by atoms with E-state index in [0.29, 0.717) is 5.66 Å². The third-order valence-corrected chi connectivity index (χ3v) is 4.48. The highest BCUT2D eigenvalue weighted by molar-refractivity contribution is 4.97. The summed E-state index contributed by atoms with van der Waals surface area (Å²) in [6.07, 6.45) is 13.8.